The maximum Gasteiger partial charge on any atom is 0.364 e. The Labute approximate surface area is 177 Å². The molecule has 0 amide bonds. The highest BCUT2D eigenvalue weighted by molar-refractivity contribution is 7.98. The van der Waals surface area contributed by atoms with E-state index in [9.17, 15) is 9.90 Å². The highest BCUT2D eigenvalue weighted by atomic mass is 35.5. The van der Waals surface area contributed by atoms with Gasteiger partial charge in [0.25, 0.3) is 0 Å². The molecule has 2 aromatic heterocycles. The van der Waals surface area contributed by atoms with Crippen molar-refractivity contribution >= 4 is 35.0 Å². The number of para-hydroxylation sites is 1. The largest absolute Gasteiger partial charge is 0.422 e. The van der Waals surface area contributed by atoms with Gasteiger partial charge in [-0.15, -0.1) is 0 Å². The van der Waals surface area contributed by atoms with E-state index in [0.717, 1.165) is 32.1 Å². The highest BCUT2D eigenvalue weighted by Gasteiger charge is 2.41. The van der Waals surface area contributed by atoms with Crippen LogP contribution < -0.4 is 4.74 Å². The number of carbonyl (C=O) groups excluding carboxylic acids is 1. The Kier molecular flexibility index (Phi) is 5.76. The van der Waals surface area contributed by atoms with Crippen molar-refractivity contribution in [2.75, 3.05) is 12.9 Å². The number of rotatable bonds is 5. The first kappa shape index (κ1) is 20.1. The van der Waals surface area contributed by atoms with Crippen molar-refractivity contribution in [2.24, 2.45) is 0 Å². The van der Waals surface area contributed by atoms with Crippen LogP contribution in [0.25, 0.3) is 5.65 Å². The summed E-state index contributed by atoms with van der Waals surface area (Å²) in [4.78, 5) is 21.9. The number of aromatic nitrogens is 4. The lowest BCUT2D eigenvalue weighted by Gasteiger charge is -2.35. The van der Waals surface area contributed by atoms with Gasteiger partial charge in [-0.3, -0.25) is 0 Å². The Bertz CT molecular complexity index is 1040. The van der Waals surface area contributed by atoms with Crippen LogP contribution in [-0.4, -0.2) is 43.5 Å². The van der Waals surface area contributed by atoms with Gasteiger partial charge in [-0.1, -0.05) is 49.2 Å². The van der Waals surface area contributed by atoms with Gasteiger partial charge in [0.1, 0.15) is 5.75 Å². The first-order valence-electron chi connectivity index (χ1n) is 9.47. The molecule has 29 heavy (non-hydrogen) atoms. The topological polar surface area (TPSA) is 89.6 Å². The molecule has 1 N–H and O–H groups in total. The van der Waals surface area contributed by atoms with Crippen molar-refractivity contribution < 1.29 is 14.6 Å². The quantitative estimate of drug-likeness (QED) is 0.371. The molecule has 0 atom stereocenters. The van der Waals surface area contributed by atoms with Crippen LogP contribution in [0.3, 0.4) is 0 Å². The number of esters is 1. The maximum atomic E-state index is 13.1. The van der Waals surface area contributed by atoms with E-state index in [1.165, 1.54) is 16.3 Å². The summed E-state index contributed by atoms with van der Waals surface area (Å²) in [7, 11) is 0. The predicted molar refractivity (Wildman–Crippen MR) is 111 cm³/mol. The molecule has 9 heteroatoms. The van der Waals surface area contributed by atoms with Gasteiger partial charge in [0.15, 0.2) is 16.5 Å². The number of halogens is 1. The number of aliphatic hydroxyl groups is 1. The van der Waals surface area contributed by atoms with Gasteiger partial charge in [-0.05, 0) is 42.8 Å². The molecular formula is C20H21ClN4O3S. The molecular weight excluding hydrogens is 412 g/mol. The Balaban J connectivity index is 1.91. The Morgan fingerprint density at radius 2 is 1.97 bits per heavy atom. The molecule has 1 aromatic carbocycles. The average molecular weight is 433 g/mol. The van der Waals surface area contributed by atoms with Crippen LogP contribution in [0.15, 0.2) is 35.5 Å². The third-order valence-corrected chi connectivity index (χ3v) is 6.19. The smallest absolute Gasteiger partial charge is 0.364 e. The number of hydrogen-bond donors (Lipinski definition) is 1. The van der Waals surface area contributed by atoms with Gasteiger partial charge >= 0.3 is 5.97 Å². The van der Waals surface area contributed by atoms with E-state index in [4.69, 9.17) is 16.3 Å². The van der Waals surface area contributed by atoms with E-state index in [-0.39, 0.29) is 17.6 Å². The van der Waals surface area contributed by atoms with E-state index in [1.54, 1.807) is 24.3 Å². The second kappa shape index (κ2) is 8.30. The monoisotopic (exact) mass is 432 g/mol. The van der Waals surface area contributed by atoms with Gasteiger partial charge in [-0.25, -0.2) is 9.78 Å². The lowest BCUT2D eigenvalue weighted by atomic mass is 9.69. The molecule has 7 nitrogen and oxygen atoms in total. The summed E-state index contributed by atoms with van der Waals surface area (Å²) in [5.41, 5.74) is 0.558. The zero-order valence-electron chi connectivity index (χ0n) is 16.0. The molecule has 1 saturated carbocycles. The van der Waals surface area contributed by atoms with Gasteiger partial charge in [0.05, 0.1) is 6.61 Å². The van der Waals surface area contributed by atoms with E-state index < -0.39 is 11.4 Å². The van der Waals surface area contributed by atoms with Gasteiger partial charge < -0.3 is 9.84 Å². The van der Waals surface area contributed by atoms with E-state index in [0.29, 0.717) is 22.1 Å². The molecule has 0 aliphatic heterocycles. The Hall–Kier alpha value is -2.16. The van der Waals surface area contributed by atoms with Crippen molar-refractivity contribution in [3.8, 4) is 5.75 Å². The lowest BCUT2D eigenvalue weighted by Crippen LogP contribution is -2.35. The number of carbonyl (C=O) groups is 1. The van der Waals surface area contributed by atoms with Crippen LogP contribution in [0.5, 0.6) is 5.75 Å². The molecule has 1 aliphatic carbocycles. The lowest BCUT2D eigenvalue weighted by molar-refractivity contribution is 0.0720. The van der Waals surface area contributed by atoms with Crippen LogP contribution in [-0.2, 0) is 5.41 Å². The minimum absolute atomic E-state index is 0.101. The summed E-state index contributed by atoms with van der Waals surface area (Å²) in [5.74, 6) is -0.180. The standard InChI is InChI=1S/C20H21ClN4O3S/c1-29-19-22-16-14(20(12-26)10-6-3-7-11-20)15(24-25(16)18(21)23-19)17(27)28-13-8-4-2-5-9-13/h2,4-5,8-9,26H,3,6-7,10-12H2,1H3. The summed E-state index contributed by atoms with van der Waals surface area (Å²) >= 11 is 7.69. The summed E-state index contributed by atoms with van der Waals surface area (Å²) < 4.78 is 6.92. The maximum absolute atomic E-state index is 13.1. The number of aliphatic hydroxyl groups excluding tert-OH is 1. The van der Waals surface area contributed by atoms with Crippen molar-refractivity contribution in [1.29, 1.82) is 0 Å². The molecule has 4 rings (SSSR count). The molecule has 0 spiro atoms. The molecule has 0 bridgehead atoms. The number of ether oxygens (including phenoxy) is 1. The number of nitrogens with zero attached hydrogens (tertiary/aromatic N) is 4. The number of thioether (sulfide) groups is 1. The van der Waals surface area contributed by atoms with E-state index in [1.807, 2.05) is 12.3 Å². The number of benzene rings is 1. The van der Waals surface area contributed by atoms with Crippen LogP contribution in [0.2, 0.25) is 5.28 Å². The summed E-state index contributed by atoms with van der Waals surface area (Å²) in [6.07, 6.45) is 6.35. The second-order valence-corrected chi connectivity index (χ2v) is 8.25. The minimum atomic E-state index is -0.613. The fourth-order valence-corrected chi connectivity index (χ4v) is 4.57. The van der Waals surface area contributed by atoms with Crippen molar-refractivity contribution in [3.05, 3.63) is 46.9 Å². The van der Waals surface area contributed by atoms with Crippen LogP contribution >= 0.6 is 23.4 Å². The van der Waals surface area contributed by atoms with Crippen LogP contribution in [0, 0.1) is 0 Å². The third kappa shape index (κ3) is 3.72. The average Bonchev–Trinajstić information content (AvgIpc) is 3.16. The van der Waals surface area contributed by atoms with Gasteiger partial charge in [0.2, 0.25) is 5.28 Å². The first-order valence-corrected chi connectivity index (χ1v) is 11.1. The first-order chi connectivity index (χ1) is 14.1. The van der Waals surface area contributed by atoms with Crippen molar-refractivity contribution in [3.63, 3.8) is 0 Å². The molecule has 0 saturated heterocycles. The number of fused-ring (bicyclic) bond motifs is 1. The van der Waals surface area contributed by atoms with Crippen LogP contribution in [0.1, 0.15) is 48.2 Å². The molecule has 1 fully saturated rings. The van der Waals surface area contributed by atoms with E-state index in [2.05, 4.69) is 15.1 Å². The van der Waals surface area contributed by atoms with Crippen LogP contribution in [0.4, 0.5) is 0 Å². The molecule has 152 valence electrons. The molecule has 0 unspecified atom stereocenters. The van der Waals surface area contributed by atoms with Gasteiger partial charge in [-0.2, -0.15) is 14.6 Å². The number of hydrogen-bond acceptors (Lipinski definition) is 7. The fraction of sp³-hybridized carbons (Fsp3) is 0.400. The molecule has 3 aromatic rings. The third-order valence-electron chi connectivity index (χ3n) is 5.40. The predicted octanol–water partition coefficient (Wildman–Crippen LogP) is 3.91. The zero-order valence-corrected chi connectivity index (χ0v) is 17.5. The highest BCUT2D eigenvalue weighted by Crippen LogP contribution is 2.43. The molecule has 0 radical (unpaired) electrons. The summed E-state index contributed by atoms with van der Waals surface area (Å²) in [5, 5.41) is 15.4. The SMILES string of the molecule is CSc1nc(Cl)n2nc(C(=O)Oc3ccccc3)c(C3(CO)CCCCC3)c2n1. The zero-order chi connectivity index (χ0) is 20.4. The van der Waals surface area contributed by atoms with Crippen molar-refractivity contribution in [2.45, 2.75) is 42.7 Å². The summed E-state index contributed by atoms with van der Waals surface area (Å²) in [6, 6.07) is 8.83. The van der Waals surface area contributed by atoms with Crippen molar-refractivity contribution in [1.82, 2.24) is 19.6 Å². The minimum Gasteiger partial charge on any atom is -0.422 e. The molecule has 2 heterocycles. The summed E-state index contributed by atoms with van der Waals surface area (Å²) in [6.45, 7) is -0.101. The molecule has 1 aliphatic rings. The normalized spacial score (nSPS) is 16.1. The fourth-order valence-electron chi connectivity index (χ4n) is 3.97. The Morgan fingerprint density at radius 3 is 2.62 bits per heavy atom. The van der Waals surface area contributed by atoms with E-state index >= 15 is 0 Å². The van der Waals surface area contributed by atoms with Gasteiger partial charge in [0, 0.05) is 11.0 Å². The Morgan fingerprint density at radius 1 is 1.24 bits per heavy atom. The second-order valence-electron chi connectivity index (χ2n) is 7.14.